The predicted molar refractivity (Wildman–Crippen MR) is 98.9 cm³/mol. The molecule has 0 saturated heterocycles. The Morgan fingerprint density at radius 2 is 1.74 bits per heavy atom. The molecule has 138 valence electrons. The zero-order valence-corrected chi connectivity index (χ0v) is 14.7. The quantitative estimate of drug-likeness (QED) is 0.598. The summed E-state index contributed by atoms with van der Waals surface area (Å²) in [5.41, 5.74) is 2.70. The molecule has 7 nitrogen and oxygen atoms in total. The number of hydrogen-bond donors (Lipinski definition) is 2. The summed E-state index contributed by atoms with van der Waals surface area (Å²) in [4.78, 5) is 37.2. The van der Waals surface area contributed by atoms with E-state index < -0.39 is 0 Å². The number of carbonyl (C=O) groups excluding carboxylic acids is 3. The smallest absolute Gasteiger partial charge is 0.262 e. The summed E-state index contributed by atoms with van der Waals surface area (Å²) in [6, 6.07) is 12.6. The van der Waals surface area contributed by atoms with Crippen LogP contribution in [0, 0.1) is 0 Å². The van der Waals surface area contributed by atoms with E-state index in [4.69, 9.17) is 4.74 Å². The van der Waals surface area contributed by atoms with Gasteiger partial charge in [-0.3, -0.25) is 19.3 Å². The molecule has 2 aromatic rings. The highest BCUT2D eigenvalue weighted by atomic mass is 16.5. The van der Waals surface area contributed by atoms with Crippen LogP contribution in [0.3, 0.4) is 0 Å². The van der Waals surface area contributed by atoms with Crippen molar-refractivity contribution >= 4 is 23.4 Å². The number of rotatable bonds is 6. The van der Waals surface area contributed by atoms with Crippen molar-refractivity contribution in [2.75, 3.05) is 31.6 Å². The summed E-state index contributed by atoms with van der Waals surface area (Å²) in [5.74, 6) is 0.0568. The third-order valence-corrected chi connectivity index (χ3v) is 4.66. The molecular formula is C20H19N3O4. The van der Waals surface area contributed by atoms with Crippen LogP contribution in [0.5, 0.6) is 5.75 Å². The van der Waals surface area contributed by atoms with Crippen molar-refractivity contribution in [1.29, 1.82) is 0 Å². The Bertz CT molecular complexity index is 890. The molecule has 27 heavy (non-hydrogen) atoms. The topological polar surface area (TPSA) is 87.7 Å². The number of amides is 3. The molecule has 0 spiro atoms. The minimum Gasteiger partial charge on any atom is -0.482 e. The first kappa shape index (κ1) is 17.2. The van der Waals surface area contributed by atoms with Crippen LogP contribution in [0.15, 0.2) is 42.5 Å². The van der Waals surface area contributed by atoms with E-state index in [1.807, 2.05) is 18.2 Å². The first-order valence-electron chi connectivity index (χ1n) is 8.85. The highest BCUT2D eigenvalue weighted by Gasteiger charge is 2.34. The number of hydrogen-bond acceptors (Lipinski definition) is 5. The fourth-order valence-electron chi connectivity index (χ4n) is 3.28. The monoisotopic (exact) mass is 365 g/mol. The summed E-state index contributed by atoms with van der Waals surface area (Å²) in [6.45, 7) is 1.60. The third-order valence-electron chi connectivity index (χ3n) is 4.66. The highest BCUT2D eigenvalue weighted by molar-refractivity contribution is 6.21. The molecule has 3 amide bonds. The molecule has 0 bridgehead atoms. The van der Waals surface area contributed by atoms with E-state index in [-0.39, 0.29) is 24.3 Å². The molecule has 0 unspecified atom stereocenters. The Labute approximate surface area is 156 Å². The van der Waals surface area contributed by atoms with Gasteiger partial charge in [0, 0.05) is 13.1 Å². The van der Waals surface area contributed by atoms with Crippen LogP contribution in [-0.4, -0.2) is 48.9 Å². The SMILES string of the molecule is O=C1COc2ccc(CCNCCN3C(=O)c4ccccc4C3=O)cc2N1. The molecule has 2 aliphatic rings. The second-order valence-electron chi connectivity index (χ2n) is 6.47. The summed E-state index contributed by atoms with van der Waals surface area (Å²) in [6.07, 6.45) is 0.755. The second kappa shape index (κ2) is 7.20. The number of carbonyl (C=O) groups is 3. The largest absolute Gasteiger partial charge is 0.482 e. The van der Waals surface area contributed by atoms with Gasteiger partial charge in [0.15, 0.2) is 6.61 Å². The van der Waals surface area contributed by atoms with Crippen molar-refractivity contribution < 1.29 is 19.1 Å². The van der Waals surface area contributed by atoms with Gasteiger partial charge in [0.25, 0.3) is 17.7 Å². The molecule has 4 rings (SSSR count). The Hall–Kier alpha value is -3.19. The molecule has 2 aromatic carbocycles. The van der Waals surface area contributed by atoms with Gasteiger partial charge in [0.2, 0.25) is 0 Å². The lowest BCUT2D eigenvalue weighted by Gasteiger charge is -2.18. The van der Waals surface area contributed by atoms with Crippen molar-refractivity contribution in [3.8, 4) is 5.75 Å². The van der Waals surface area contributed by atoms with Crippen LogP contribution in [-0.2, 0) is 11.2 Å². The van der Waals surface area contributed by atoms with E-state index >= 15 is 0 Å². The van der Waals surface area contributed by atoms with E-state index in [0.717, 1.165) is 12.0 Å². The first-order valence-corrected chi connectivity index (χ1v) is 8.85. The van der Waals surface area contributed by atoms with Crippen LogP contribution in [0.1, 0.15) is 26.3 Å². The second-order valence-corrected chi connectivity index (χ2v) is 6.47. The summed E-state index contributed by atoms with van der Waals surface area (Å²) in [7, 11) is 0. The molecule has 2 aliphatic heterocycles. The number of nitrogens with zero attached hydrogens (tertiary/aromatic N) is 1. The third kappa shape index (κ3) is 3.41. The summed E-state index contributed by atoms with van der Waals surface area (Å²) < 4.78 is 5.34. The van der Waals surface area contributed by atoms with Crippen LogP contribution >= 0.6 is 0 Å². The normalized spacial score (nSPS) is 15.3. The fraction of sp³-hybridized carbons (Fsp3) is 0.250. The van der Waals surface area contributed by atoms with Crippen molar-refractivity contribution in [3.63, 3.8) is 0 Å². The minimum absolute atomic E-state index is 0.0473. The van der Waals surface area contributed by atoms with E-state index in [9.17, 15) is 14.4 Å². The molecule has 0 fully saturated rings. The first-order chi connectivity index (χ1) is 13.1. The van der Waals surface area contributed by atoms with Gasteiger partial charge in [-0.05, 0) is 42.8 Å². The molecular weight excluding hydrogens is 346 g/mol. The van der Waals surface area contributed by atoms with Gasteiger partial charge >= 0.3 is 0 Å². The maximum atomic E-state index is 12.3. The Kier molecular flexibility index (Phi) is 4.60. The van der Waals surface area contributed by atoms with Gasteiger partial charge in [-0.1, -0.05) is 18.2 Å². The average molecular weight is 365 g/mol. The number of imide groups is 1. The molecule has 0 aliphatic carbocycles. The zero-order chi connectivity index (χ0) is 18.8. The van der Waals surface area contributed by atoms with Crippen LogP contribution < -0.4 is 15.4 Å². The van der Waals surface area contributed by atoms with Crippen molar-refractivity contribution in [2.24, 2.45) is 0 Å². The minimum atomic E-state index is -0.233. The Morgan fingerprint density at radius 1 is 1.00 bits per heavy atom. The van der Waals surface area contributed by atoms with E-state index in [2.05, 4.69) is 10.6 Å². The van der Waals surface area contributed by atoms with Gasteiger partial charge < -0.3 is 15.4 Å². The number of nitrogens with one attached hydrogen (secondary N) is 2. The van der Waals surface area contributed by atoms with E-state index in [1.54, 1.807) is 24.3 Å². The number of fused-ring (bicyclic) bond motifs is 2. The van der Waals surface area contributed by atoms with Gasteiger partial charge in [0.1, 0.15) is 5.75 Å². The lowest BCUT2D eigenvalue weighted by Crippen LogP contribution is -2.36. The maximum absolute atomic E-state index is 12.3. The molecule has 7 heteroatoms. The lowest BCUT2D eigenvalue weighted by atomic mass is 10.1. The fourth-order valence-corrected chi connectivity index (χ4v) is 3.28. The summed E-state index contributed by atoms with van der Waals surface area (Å²) >= 11 is 0. The van der Waals surface area contributed by atoms with Crippen molar-refractivity contribution in [2.45, 2.75) is 6.42 Å². The molecule has 2 heterocycles. The molecule has 0 saturated carbocycles. The molecule has 2 N–H and O–H groups in total. The maximum Gasteiger partial charge on any atom is 0.262 e. The number of anilines is 1. The lowest BCUT2D eigenvalue weighted by molar-refractivity contribution is -0.118. The van der Waals surface area contributed by atoms with Crippen LogP contribution in [0.2, 0.25) is 0 Å². The van der Waals surface area contributed by atoms with Gasteiger partial charge in [-0.2, -0.15) is 0 Å². The van der Waals surface area contributed by atoms with E-state index in [1.165, 1.54) is 4.90 Å². The van der Waals surface area contributed by atoms with Crippen molar-refractivity contribution in [1.82, 2.24) is 10.2 Å². The number of benzene rings is 2. The predicted octanol–water partition coefficient (Wildman–Crippen LogP) is 1.45. The van der Waals surface area contributed by atoms with E-state index in [0.29, 0.717) is 42.2 Å². The van der Waals surface area contributed by atoms with Gasteiger partial charge in [0.05, 0.1) is 16.8 Å². The standard InChI is InChI=1S/C20H19N3O4/c24-18-12-27-17-6-5-13(11-16(17)22-18)7-8-21-9-10-23-19(25)14-3-1-2-4-15(14)20(23)26/h1-6,11,21H,7-10,12H2,(H,22,24). The van der Waals surface area contributed by atoms with Gasteiger partial charge in [-0.15, -0.1) is 0 Å². The zero-order valence-electron chi connectivity index (χ0n) is 14.7. The average Bonchev–Trinajstić information content (AvgIpc) is 2.92. The van der Waals surface area contributed by atoms with Crippen LogP contribution in [0.25, 0.3) is 0 Å². The van der Waals surface area contributed by atoms with Crippen LogP contribution in [0.4, 0.5) is 5.69 Å². The Morgan fingerprint density at radius 3 is 2.48 bits per heavy atom. The molecule has 0 radical (unpaired) electrons. The van der Waals surface area contributed by atoms with Crippen molar-refractivity contribution in [3.05, 3.63) is 59.2 Å². The molecule has 0 aromatic heterocycles. The Balaban J connectivity index is 1.26. The highest BCUT2D eigenvalue weighted by Crippen LogP contribution is 2.28. The number of ether oxygens (including phenoxy) is 1. The summed E-state index contributed by atoms with van der Waals surface area (Å²) in [5, 5.41) is 6.04. The van der Waals surface area contributed by atoms with Gasteiger partial charge in [-0.25, -0.2) is 0 Å². The molecule has 0 atom stereocenters.